The van der Waals surface area contributed by atoms with Gasteiger partial charge in [0.1, 0.15) is 11.6 Å². The molecule has 0 saturated heterocycles. The van der Waals surface area contributed by atoms with Crippen LogP contribution in [0.25, 0.3) is 5.82 Å². The maximum absolute atomic E-state index is 12.5. The van der Waals surface area contributed by atoms with Crippen LogP contribution in [0, 0.1) is 6.92 Å². The molecule has 0 spiro atoms. The first-order valence-electron chi connectivity index (χ1n) is 9.18. The van der Waals surface area contributed by atoms with E-state index in [1.165, 1.54) is 0 Å². The van der Waals surface area contributed by atoms with E-state index in [1.54, 1.807) is 16.8 Å². The summed E-state index contributed by atoms with van der Waals surface area (Å²) in [5, 5.41) is 15.8. The molecule has 1 aromatic carbocycles. The van der Waals surface area contributed by atoms with Crippen LogP contribution in [0.3, 0.4) is 0 Å². The third kappa shape index (κ3) is 3.45. The van der Waals surface area contributed by atoms with E-state index < -0.39 is 0 Å². The van der Waals surface area contributed by atoms with Gasteiger partial charge >= 0.3 is 0 Å². The van der Waals surface area contributed by atoms with Crippen LogP contribution in [-0.2, 0) is 4.79 Å². The maximum Gasteiger partial charge on any atom is 0.226 e. The molecular formula is C20H20ClN5O2. The van der Waals surface area contributed by atoms with Gasteiger partial charge in [-0.25, -0.2) is 0 Å². The molecule has 1 aliphatic heterocycles. The highest BCUT2D eigenvalue weighted by molar-refractivity contribution is 6.29. The number of amides is 1. The van der Waals surface area contributed by atoms with E-state index >= 15 is 0 Å². The van der Waals surface area contributed by atoms with E-state index in [1.807, 2.05) is 31.2 Å². The number of hydrogen-bond donors (Lipinski definition) is 1. The van der Waals surface area contributed by atoms with Crippen LogP contribution in [-0.4, -0.2) is 32.5 Å². The minimum atomic E-state index is -0.108. The summed E-state index contributed by atoms with van der Waals surface area (Å²) >= 11 is 5.84. The Morgan fingerprint density at radius 3 is 2.89 bits per heavy atom. The average molecular weight is 398 g/mol. The molecule has 3 aromatic rings. The Kier molecular flexibility index (Phi) is 5.00. The largest absolute Gasteiger partial charge is 0.494 e. The molecule has 1 aliphatic rings. The molecule has 1 amide bonds. The summed E-state index contributed by atoms with van der Waals surface area (Å²) in [5.41, 5.74) is 2.83. The zero-order valence-electron chi connectivity index (χ0n) is 15.6. The molecule has 7 nitrogen and oxygen atoms in total. The van der Waals surface area contributed by atoms with Gasteiger partial charge in [0.15, 0.2) is 11.0 Å². The lowest BCUT2D eigenvalue weighted by Gasteiger charge is -2.24. The number of aromatic nitrogens is 4. The number of hydrogen-bond acceptors (Lipinski definition) is 5. The van der Waals surface area contributed by atoms with Crippen molar-refractivity contribution in [2.24, 2.45) is 0 Å². The number of aryl methyl sites for hydroxylation is 1. The van der Waals surface area contributed by atoms with Gasteiger partial charge in [-0.3, -0.25) is 4.79 Å². The predicted octanol–water partition coefficient (Wildman–Crippen LogP) is 3.89. The normalized spacial score (nSPS) is 15.8. The third-order valence-electron chi connectivity index (χ3n) is 4.67. The van der Waals surface area contributed by atoms with E-state index in [0.29, 0.717) is 29.8 Å². The maximum atomic E-state index is 12.5. The number of halogens is 1. The molecule has 4 rings (SSSR count). The Morgan fingerprint density at radius 1 is 1.29 bits per heavy atom. The Hall–Kier alpha value is -2.93. The molecule has 28 heavy (non-hydrogen) atoms. The van der Waals surface area contributed by atoms with Gasteiger partial charge in [0.25, 0.3) is 0 Å². The number of nitrogens with one attached hydrogen (secondary N) is 1. The Morgan fingerprint density at radius 2 is 2.14 bits per heavy atom. The van der Waals surface area contributed by atoms with E-state index in [9.17, 15) is 4.79 Å². The number of carbonyl (C=O) groups excluding carboxylic acids is 1. The van der Waals surface area contributed by atoms with E-state index in [2.05, 4.69) is 27.5 Å². The Labute approximate surface area is 167 Å². The topological polar surface area (TPSA) is 81.9 Å². The summed E-state index contributed by atoms with van der Waals surface area (Å²) < 4.78 is 7.37. The fraction of sp³-hybridized carbons (Fsp3) is 0.300. The first-order valence-corrected chi connectivity index (χ1v) is 9.56. The standard InChI is InChI=1S/C20H20ClN5O2/c1-3-9-28-14-6-4-5-13(10-14)15-11-18(27)22-20-19(15)12(2)25-26(20)17-8-7-16(21)23-24-17/h4-8,10,15H,3,9,11H2,1-2H3,(H,22,27)/t15-/m1/s1. The van der Waals surface area contributed by atoms with Crippen molar-refractivity contribution in [3.05, 3.63) is 58.4 Å². The molecule has 0 fully saturated rings. The molecule has 1 N–H and O–H groups in total. The number of anilines is 1. The molecule has 0 bridgehead atoms. The van der Waals surface area contributed by atoms with Crippen LogP contribution in [0.15, 0.2) is 36.4 Å². The average Bonchev–Trinajstić information content (AvgIpc) is 3.03. The summed E-state index contributed by atoms with van der Waals surface area (Å²) in [5.74, 6) is 1.74. The molecule has 1 atom stereocenters. The molecule has 0 saturated carbocycles. The summed E-state index contributed by atoms with van der Waals surface area (Å²) in [6.07, 6.45) is 1.29. The second-order valence-corrected chi connectivity index (χ2v) is 7.09. The zero-order valence-corrected chi connectivity index (χ0v) is 16.4. The van der Waals surface area contributed by atoms with Crippen LogP contribution in [0.5, 0.6) is 5.75 Å². The lowest BCUT2D eigenvalue weighted by Crippen LogP contribution is -2.25. The minimum absolute atomic E-state index is 0.0690. The van der Waals surface area contributed by atoms with Gasteiger partial charge in [-0.05, 0) is 43.2 Å². The van der Waals surface area contributed by atoms with Gasteiger partial charge in [-0.2, -0.15) is 9.78 Å². The monoisotopic (exact) mass is 397 g/mol. The number of ether oxygens (including phenoxy) is 1. The van der Waals surface area contributed by atoms with E-state index in [-0.39, 0.29) is 11.8 Å². The van der Waals surface area contributed by atoms with Gasteiger partial charge in [0, 0.05) is 17.9 Å². The van der Waals surface area contributed by atoms with E-state index in [4.69, 9.17) is 16.3 Å². The molecule has 2 aromatic heterocycles. The van der Waals surface area contributed by atoms with Crippen molar-refractivity contribution < 1.29 is 9.53 Å². The van der Waals surface area contributed by atoms with Crippen LogP contribution in [0.2, 0.25) is 5.15 Å². The summed E-state index contributed by atoms with van der Waals surface area (Å²) in [6, 6.07) is 11.3. The zero-order chi connectivity index (χ0) is 19.7. The van der Waals surface area contributed by atoms with Crippen molar-refractivity contribution in [2.45, 2.75) is 32.6 Å². The van der Waals surface area contributed by atoms with Gasteiger partial charge in [-0.1, -0.05) is 30.7 Å². The van der Waals surface area contributed by atoms with Crippen molar-refractivity contribution in [1.29, 1.82) is 0 Å². The quantitative estimate of drug-likeness (QED) is 0.706. The summed E-state index contributed by atoms with van der Waals surface area (Å²) in [6.45, 7) is 4.66. The van der Waals surface area contributed by atoms with Crippen molar-refractivity contribution in [3.8, 4) is 11.6 Å². The van der Waals surface area contributed by atoms with Crippen molar-refractivity contribution in [3.63, 3.8) is 0 Å². The lowest BCUT2D eigenvalue weighted by atomic mass is 9.86. The number of rotatable bonds is 5. The minimum Gasteiger partial charge on any atom is -0.494 e. The van der Waals surface area contributed by atoms with Gasteiger partial charge in [-0.15, -0.1) is 10.2 Å². The highest BCUT2D eigenvalue weighted by Gasteiger charge is 2.33. The van der Waals surface area contributed by atoms with Crippen molar-refractivity contribution in [2.75, 3.05) is 11.9 Å². The first kappa shape index (κ1) is 18.4. The second-order valence-electron chi connectivity index (χ2n) is 6.70. The molecule has 8 heteroatoms. The summed E-state index contributed by atoms with van der Waals surface area (Å²) in [7, 11) is 0. The van der Waals surface area contributed by atoms with Gasteiger partial charge < -0.3 is 10.1 Å². The SMILES string of the molecule is CCCOc1cccc([C@H]2CC(=O)Nc3c2c(C)nn3-c2ccc(Cl)nn2)c1. The van der Waals surface area contributed by atoms with Crippen molar-refractivity contribution >= 4 is 23.3 Å². The van der Waals surface area contributed by atoms with Gasteiger partial charge in [0.2, 0.25) is 5.91 Å². The number of nitrogens with zero attached hydrogens (tertiary/aromatic N) is 4. The lowest BCUT2D eigenvalue weighted by molar-refractivity contribution is -0.116. The molecule has 0 unspecified atom stereocenters. The molecule has 0 radical (unpaired) electrons. The second kappa shape index (κ2) is 7.59. The number of carbonyl (C=O) groups is 1. The number of benzene rings is 1. The van der Waals surface area contributed by atoms with Crippen LogP contribution in [0.1, 0.15) is 42.5 Å². The van der Waals surface area contributed by atoms with E-state index in [0.717, 1.165) is 29.0 Å². The molecule has 0 aliphatic carbocycles. The number of fused-ring (bicyclic) bond motifs is 1. The molecule has 144 valence electrons. The summed E-state index contributed by atoms with van der Waals surface area (Å²) in [4.78, 5) is 12.5. The smallest absolute Gasteiger partial charge is 0.226 e. The molecule has 3 heterocycles. The fourth-order valence-electron chi connectivity index (χ4n) is 3.46. The highest BCUT2D eigenvalue weighted by Crippen LogP contribution is 2.40. The first-order chi connectivity index (χ1) is 13.6. The van der Waals surface area contributed by atoms with Crippen LogP contribution in [0.4, 0.5) is 5.82 Å². The van der Waals surface area contributed by atoms with Gasteiger partial charge in [0.05, 0.1) is 12.3 Å². The van der Waals surface area contributed by atoms with Crippen LogP contribution < -0.4 is 10.1 Å². The molecular weight excluding hydrogens is 378 g/mol. The predicted molar refractivity (Wildman–Crippen MR) is 106 cm³/mol. The Balaban J connectivity index is 1.77. The Bertz CT molecular complexity index is 1020. The van der Waals surface area contributed by atoms with Crippen LogP contribution >= 0.6 is 11.6 Å². The highest BCUT2D eigenvalue weighted by atomic mass is 35.5. The fourth-order valence-corrected chi connectivity index (χ4v) is 3.56. The van der Waals surface area contributed by atoms with Crippen molar-refractivity contribution in [1.82, 2.24) is 20.0 Å². The third-order valence-corrected chi connectivity index (χ3v) is 4.87.